The Kier molecular flexibility index (Phi) is 3.43. The van der Waals surface area contributed by atoms with Crippen LogP contribution in [0, 0.1) is 5.92 Å². The average Bonchev–Trinajstić information content (AvgIpc) is 2.61. The Morgan fingerprint density at radius 3 is 2.72 bits per heavy atom. The molecule has 1 aliphatic heterocycles. The minimum atomic E-state index is -0.847. The number of ether oxygens (including phenoxy) is 2. The van der Waals surface area contributed by atoms with Crippen LogP contribution in [0.3, 0.4) is 0 Å². The molecule has 0 amide bonds. The molecule has 0 aromatic carbocycles. The molecule has 4 nitrogen and oxygen atoms in total. The van der Waals surface area contributed by atoms with Gasteiger partial charge in [0, 0.05) is 5.56 Å². The first kappa shape index (κ1) is 13.1. The summed E-state index contributed by atoms with van der Waals surface area (Å²) in [5, 5.41) is 3.90. The summed E-state index contributed by atoms with van der Waals surface area (Å²) >= 11 is 1.55. The van der Waals surface area contributed by atoms with Crippen molar-refractivity contribution < 1.29 is 19.1 Å². The fourth-order valence-electron chi connectivity index (χ4n) is 1.76. The highest BCUT2D eigenvalue weighted by Crippen LogP contribution is 2.26. The van der Waals surface area contributed by atoms with Gasteiger partial charge in [0.25, 0.3) is 0 Å². The molecule has 1 aromatic heterocycles. The van der Waals surface area contributed by atoms with E-state index in [1.54, 1.807) is 32.1 Å². The third-order valence-electron chi connectivity index (χ3n) is 2.60. The van der Waals surface area contributed by atoms with Crippen LogP contribution in [0.1, 0.15) is 31.9 Å². The second-order valence-corrected chi connectivity index (χ2v) is 6.06. The summed E-state index contributed by atoms with van der Waals surface area (Å²) in [6.45, 7) is 5.59. The summed E-state index contributed by atoms with van der Waals surface area (Å²) < 4.78 is 10.4. The maximum absolute atomic E-state index is 12.0. The standard InChI is InChI=1S/C13H16O4S/c1-13(2,3)17-12(15)10-4-8-6-18-7-9(8)5-16-11(10)14/h6-7,10H,4-5H2,1-3H3. The number of hydrogen-bond acceptors (Lipinski definition) is 5. The summed E-state index contributed by atoms with van der Waals surface area (Å²) in [6.07, 6.45) is 0.368. The van der Waals surface area contributed by atoms with Crippen molar-refractivity contribution in [2.45, 2.75) is 39.4 Å². The zero-order valence-electron chi connectivity index (χ0n) is 10.7. The van der Waals surface area contributed by atoms with Gasteiger partial charge in [0.05, 0.1) is 0 Å². The molecule has 0 saturated heterocycles. The van der Waals surface area contributed by atoms with Crippen LogP contribution in [0.15, 0.2) is 10.8 Å². The summed E-state index contributed by atoms with van der Waals surface area (Å²) in [7, 11) is 0. The van der Waals surface area contributed by atoms with E-state index in [2.05, 4.69) is 0 Å². The summed E-state index contributed by atoms with van der Waals surface area (Å²) in [4.78, 5) is 23.8. The first-order valence-electron chi connectivity index (χ1n) is 5.80. The fraction of sp³-hybridized carbons (Fsp3) is 0.538. The molecule has 18 heavy (non-hydrogen) atoms. The highest BCUT2D eigenvalue weighted by molar-refractivity contribution is 7.08. The van der Waals surface area contributed by atoms with Crippen LogP contribution in [0.5, 0.6) is 0 Å². The van der Waals surface area contributed by atoms with Gasteiger partial charge in [-0.25, -0.2) is 0 Å². The first-order valence-corrected chi connectivity index (χ1v) is 6.74. The van der Waals surface area contributed by atoms with Crippen LogP contribution in [0.4, 0.5) is 0 Å². The molecule has 0 spiro atoms. The van der Waals surface area contributed by atoms with E-state index < -0.39 is 23.5 Å². The van der Waals surface area contributed by atoms with Crippen molar-refractivity contribution in [3.63, 3.8) is 0 Å². The van der Waals surface area contributed by atoms with E-state index in [4.69, 9.17) is 9.47 Å². The van der Waals surface area contributed by atoms with Crippen LogP contribution in [-0.4, -0.2) is 17.5 Å². The number of cyclic esters (lactones) is 1. The number of rotatable bonds is 1. The van der Waals surface area contributed by atoms with E-state index in [0.717, 1.165) is 11.1 Å². The van der Waals surface area contributed by atoms with Crippen molar-refractivity contribution in [1.29, 1.82) is 0 Å². The normalized spacial score (nSPS) is 19.7. The van der Waals surface area contributed by atoms with Crippen LogP contribution in [0.25, 0.3) is 0 Å². The van der Waals surface area contributed by atoms with Gasteiger partial charge in [-0.05, 0) is 43.5 Å². The quantitative estimate of drug-likeness (QED) is 0.579. The molecule has 0 fully saturated rings. The number of carbonyl (C=O) groups excluding carboxylic acids is 2. The Morgan fingerprint density at radius 1 is 1.39 bits per heavy atom. The molecular weight excluding hydrogens is 252 g/mol. The Morgan fingerprint density at radius 2 is 2.06 bits per heavy atom. The molecule has 5 heteroatoms. The maximum Gasteiger partial charge on any atom is 0.321 e. The van der Waals surface area contributed by atoms with Crippen LogP contribution < -0.4 is 0 Å². The predicted molar refractivity (Wildman–Crippen MR) is 67.2 cm³/mol. The van der Waals surface area contributed by atoms with E-state index in [9.17, 15) is 9.59 Å². The number of esters is 2. The highest BCUT2D eigenvalue weighted by atomic mass is 32.1. The molecule has 1 aromatic rings. The lowest BCUT2D eigenvalue weighted by atomic mass is 10.00. The van der Waals surface area contributed by atoms with E-state index >= 15 is 0 Å². The third-order valence-corrected chi connectivity index (χ3v) is 3.44. The van der Waals surface area contributed by atoms with E-state index in [1.165, 1.54) is 0 Å². The molecule has 0 radical (unpaired) electrons. The average molecular weight is 268 g/mol. The van der Waals surface area contributed by atoms with Gasteiger partial charge in [0.15, 0.2) is 5.92 Å². The van der Waals surface area contributed by atoms with Gasteiger partial charge in [-0.2, -0.15) is 11.3 Å². The molecule has 0 aliphatic carbocycles. The van der Waals surface area contributed by atoms with Crippen molar-refractivity contribution in [3.05, 3.63) is 21.9 Å². The minimum absolute atomic E-state index is 0.247. The van der Waals surface area contributed by atoms with Crippen LogP contribution >= 0.6 is 11.3 Å². The smallest absolute Gasteiger partial charge is 0.321 e. The number of fused-ring (bicyclic) bond motifs is 1. The fourth-order valence-corrected chi connectivity index (χ4v) is 2.62. The van der Waals surface area contributed by atoms with E-state index in [-0.39, 0.29) is 6.61 Å². The first-order chi connectivity index (χ1) is 8.37. The summed E-state index contributed by atoms with van der Waals surface area (Å²) in [6, 6.07) is 0. The van der Waals surface area contributed by atoms with Gasteiger partial charge in [-0.15, -0.1) is 0 Å². The van der Waals surface area contributed by atoms with E-state index in [0.29, 0.717) is 6.42 Å². The highest BCUT2D eigenvalue weighted by Gasteiger charge is 2.35. The van der Waals surface area contributed by atoms with Gasteiger partial charge in [0.1, 0.15) is 12.2 Å². The Bertz CT molecular complexity index is 470. The SMILES string of the molecule is CC(C)(C)OC(=O)C1Cc2cscc2COC1=O. The monoisotopic (exact) mass is 268 g/mol. The number of hydrogen-bond donors (Lipinski definition) is 0. The zero-order valence-corrected chi connectivity index (χ0v) is 11.5. The van der Waals surface area contributed by atoms with Gasteiger partial charge in [-0.1, -0.05) is 0 Å². The van der Waals surface area contributed by atoms with Gasteiger partial charge < -0.3 is 9.47 Å². The van der Waals surface area contributed by atoms with Crippen molar-refractivity contribution in [2.75, 3.05) is 0 Å². The summed E-state index contributed by atoms with van der Waals surface area (Å²) in [5.41, 5.74) is 1.39. The van der Waals surface area contributed by atoms with Gasteiger partial charge >= 0.3 is 11.9 Å². The zero-order chi connectivity index (χ0) is 13.3. The molecule has 98 valence electrons. The largest absolute Gasteiger partial charge is 0.460 e. The van der Waals surface area contributed by atoms with Crippen molar-refractivity contribution >= 4 is 23.3 Å². The number of carbonyl (C=O) groups is 2. The maximum atomic E-state index is 12.0. The van der Waals surface area contributed by atoms with Gasteiger partial charge in [0.2, 0.25) is 0 Å². The molecule has 1 aliphatic rings. The molecule has 2 heterocycles. The Balaban J connectivity index is 2.17. The molecule has 1 atom stereocenters. The topological polar surface area (TPSA) is 52.6 Å². The Hall–Kier alpha value is -1.36. The molecule has 0 bridgehead atoms. The molecule has 0 N–H and O–H groups in total. The summed E-state index contributed by atoms with van der Waals surface area (Å²) in [5.74, 6) is -1.85. The van der Waals surface area contributed by atoms with Crippen LogP contribution in [0.2, 0.25) is 0 Å². The number of thiophene rings is 1. The predicted octanol–water partition coefficient (Wildman–Crippen LogP) is 2.31. The molecule has 0 saturated carbocycles. The lowest BCUT2D eigenvalue weighted by molar-refractivity contribution is -0.169. The molecular formula is C13H16O4S. The lowest BCUT2D eigenvalue weighted by Crippen LogP contribution is -2.34. The van der Waals surface area contributed by atoms with E-state index in [1.807, 2.05) is 10.8 Å². The second-order valence-electron chi connectivity index (χ2n) is 5.32. The Labute approximate surface area is 110 Å². The third kappa shape index (κ3) is 2.90. The molecule has 2 rings (SSSR count). The lowest BCUT2D eigenvalue weighted by Gasteiger charge is -2.22. The second kappa shape index (κ2) is 4.72. The van der Waals surface area contributed by atoms with Crippen molar-refractivity contribution in [2.24, 2.45) is 5.92 Å². The molecule has 1 unspecified atom stereocenters. The van der Waals surface area contributed by atoms with Crippen molar-refractivity contribution in [3.8, 4) is 0 Å². The van der Waals surface area contributed by atoms with Crippen LogP contribution in [-0.2, 0) is 32.1 Å². The van der Waals surface area contributed by atoms with Crippen molar-refractivity contribution in [1.82, 2.24) is 0 Å². The van der Waals surface area contributed by atoms with Gasteiger partial charge in [-0.3, -0.25) is 9.59 Å². The minimum Gasteiger partial charge on any atom is -0.460 e.